The standard InChI is InChI=1S/C18H27N5/c1-13-16(14(2)22(5)20-13)12-23-10-6-7-17(23)15-8-9-19-18(11-15)21(3)4/h8-9,11,17H,6-7,10,12H2,1-5H3/t17-/m1/s1. The molecule has 2 aromatic heterocycles. The van der Waals surface area contributed by atoms with E-state index in [-0.39, 0.29) is 0 Å². The molecule has 0 aromatic carbocycles. The molecule has 1 aliphatic heterocycles. The van der Waals surface area contributed by atoms with Crippen LogP contribution >= 0.6 is 0 Å². The highest BCUT2D eigenvalue weighted by atomic mass is 15.3. The lowest BCUT2D eigenvalue weighted by Gasteiger charge is -2.26. The maximum absolute atomic E-state index is 4.56. The summed E-state index contributed by atoms with van der Waals surface area (Å²) in [4.78, 5) is 9.10. The van der Waals surface area contributed by atoms with Crippen molar-refractivity contribution in [2.45, 2.75) is 39.3 Å². The van der Waals surface area contributed by atoms with Crippen LogP contribution in [0.2, 0.25) is 0 Å². The predicted octanol–water partition coefficient (Wildman–Crippen LogP) is 2.84. The molecule has 0 aliphatic carbocycles. The summed E-state index contributed by atoms with van der Waals surface area (Å²) in [6.07, 6.45) is 4.40. The first-order valence-electron chi connectivity index (χ1n) is 8.33. The highest BCUT2D eigenvalue weighted by molar-refractivity contribution is 5.40. The summed E-state index contributed by atoms with van der Waals surface area (Å²) < 4.78 is 1.99. The molecule has 0 saturated carbocycles. The third kappa shape index (κ3) is 3.11. The van der Waals surface area contributed by atoms with Gasteiger partial charge < -0.3 is 4.90 Å². The van der Waals surface area contributed by atoms with E-state index in [1.807, 2.05) is 32.0 Å². The highest BCUT2D eigenvalue weighted by Crippen LogP contribution is 2.34. The Balaban J connectivity index is 1.84. The van der Waals surface area contributed by atoms with Crippen molar-refractivity contribution in [2.75, 3.05) is 25.5 Å². The SMILES string of the molecule is Cc1nn(C)c(C)c1CN1CCC[C@@H]1c1ccnc(N(C)C)c1. The van der Waals surface area contributed by atoms with Crippen molar-refractivity contribution in [2.24, 2.45) is 7.05 Å². The molecule has 0 bridgehead atoms. The van der Waals surface area contributed by atoms with E-state index in [2.05, 4.69) is 45.9 Å². The summed E-state index contributed by atoms with van der Waals surface area (Å²) in [5.41, 5.74) is 5.18. The number of aryl methyl sites for hydroxylation is 2. The third-order valence-corrected chi connectivity index (χ3v) is 5.00. The minimum Gasteiger partial charge on any atom is -0.363 e. The minimum atomic E-state index is 0.482. The fraction of sp³-hybridized carbons (Fsp3) is 0.556. The van der Waals surface area contributed by atoms with Gasteiger partial charge in [-0.15, -0.1) is 0 Å². The number of hydrogen-bond donors (Lipinski definition) is 0. The van der Waals surface area contributed by atoms with Gasteiger partial charge in [-0.3, -0.25) is 9.58 Å². The highest BCUT2D eigenvalue weighted by Gasteiger charge is 2.28. The number of nitrogens with zero attached hydrogens (tertiary/aromatic N) is 5. The molecule has 0 amide bonds. The summed E-state index contributed by atoms with van der Waals surface area (Å²) in [6, 6.07) is 4.88. The Bertz CT molecular complexity index is 689. The molecule has 5 heteroatoms. The van der Waals surface area contributed by atoms with Crippen LogP contribution in [-0.2, 0) is 13.6 Å². The molecule has 3 heterocycles. The second-order valence-electron chi connectivity index (χ2n) is 6.74. The molecule has 1 saturated heterocycles. The van der Waals surface area contributed by atoms with Crippen molar-refractivity contribution in [1.82, 2.24) is 19.7 Å². The van der Waals surface area contributed by atoms with Gasteiger partial charge in [-0.05, 0) is 50.9 Å². The van der Waals surface area contributed by atoms with Gasteiger partial charge in [0.15, 0.2) is 0 Å². The first-order valence-corrected chi connectivity index (χ1v) is 8.33. The van der Waals surface area contributed by atoms with Crippen molar-refractivity contribution in [1.29, 1.82) is 0 Å². The number of aromatic nitrogens is 3. The number of likely N-dealkylation sites (tertiary alicyclic amines) is 1. The number of pyridine rings is 1. The van der Waals surface area contributed by atoms with E-state index in [1.165, 1.54) is 29.7 Å². The quantitative estimate of drug-likeness (QED) is 0.870. The van der Waals surface area contributed by atoms with Gasteiger partial charge in [0, 0.05) is 51.2 Å². The third-order valence-electron chi connectivity index (χ3n) is 5.00. The summed E-state index contributed by atoms with van der Waals surface area (Å²) in [5, 5.41) is 4.56. The Labute approximate surface area is 138 Å². The van der Waals surface area contributed by atoms with Crippen LogP contribution in [0.15, 0.2) is 18.3 Å². The molecule has 23 heavy (non-hydrogen) atoms. The predicted molar refractivity (Wildman–Crippen MR) is 93.6 cm³/mol. The monoisotopic (exact) mass is 313 g/mol. The van der Waals surface area contributed by atoms with Gasteiger partial charge in [0.25, 0.3) is 0 Å². The molecule has 3 rings (SSSR count). The molecule has 5 nitrogen and oxygen atoms in total. The van der Waals surface area contributed by atoms with Crippen LogP contribution in [0.25, 0.3) is 0 Å². The zero-order valence-electron chi connectivity index (χ0n) is 14.9. The average molecular weight is 313 g/mol. The molecule has 0 unspecified atom stereocenters. The van der Waals surface area contributed by atoms with E-state index in [4.69, 9.17) is 0 Å². The van der Waals surface area contributed by atoms with E-state index >= 15 is 0 Å². The van der Waals surface area contributed by atoms with E-state index < -0.39 is 0 Å². The Morgan fingerprint density at radius 1 is 1.30 bits per heavy atom. The maximum Gasteiger partial charge on any atom is 0.128 e. The Hall–Kier alpha value is -1.88. The maximum atomic E-state index is 4.56. The Morgan fingerprint density at radius 2 is 2.09 bits per heavy atom. The molecule has 0 N–H and O–H groups in total. The molecule has 124 valence electrons. The second kappa shape index (κ2) is 6.32. The molecule has 0 radical (unpaired) electrons. The lowest BCUT2D eigenvalue weighted by Crippen LogP contribution is -2.24. The van der Waals surface area contributed by atoms with Crippen LogP contribution in [-0.4, -0.2) is 40.3 Å². The van der Waals surface area contributed by atoms with Gasteiger partial charge in [0.05, 0.1) is 5.69 Å². The fourth-order valence-electron chi connectivity index (χ4n) is 3.53. The van der Waals surface area contributed by atoms with Crippen LogP contribution in [0.3, 0.4) is 0 Å². The topological polar surface area (TPSA) is 37.2 Å². The van der Waals surface area contributed by atoms with Gasteiger partial charge in [-0.25, -0.2) is 4.98 Å². The van der Waals surface area contributed by atoms with Gasteiger partial charge in [0.1, 0.15) is 5.82 Å². The fourth-order valence-corrected chi connectivity index (χ4v) is 3.53. The zero-order valence-corrected chi connectivity index (χ0v) is 14.9. The summed E-state index contributed by atoms with van der Waals surface area (Å²) in [5.74, 6) is 1.03. The minimum absolute atomic E-state index is 0.482. The van der Waals surface area contributed by atoms with Crippen LogP contribution in [0.1, 0.15) is 41.4 Å². The van der Waals surface area contributed by atoms with E-state index in [0.29, 0.717) is 6.04 Å². The lowest BCUT2D eigenvalue weighted by atomic mass is 10.0. The van der Waals surface area contributed by atoms with E-state index in [9.17, 15) is 0 Å². The lowest BCUT2D eigenvalue weighted by molar-refractivity contribution is 0.247. The first kappa shape index (κ1) is 16.0. The van der Waals surface area contributed by atoms with Crippen molar-refractivity contribution in [3.8, 4) is 0 Å². The van der Waals surface area contributed by atoms with Crippen molar-refractivity contribution >= 4 is 5.82 Å². The van der Waals surface area contributed by atoms with Crippen molar-refractivity contribution < 1.29 is 0 Å². The Morgan fingerprint density at radius 3 is 2.74 bits per heavy atom. The largest absolute Gasteiger partial charge is 0.363 e. The second-order valence-corrected chi connectivity index (χ2v) is 6.74. The Kier molecular flexibility index (Phi) is 4.39. The van der Waals surface area contributed by atoms with Crippen molar-refractivity contribution in [3.63, 3.8) is 0 Å². The van der Waals surface area contributed by atoms with E-state index in [0.717, 1.165) is 24.6 Å². The van der Waals surface area contributed by atoms with Crippen molar-refractivity contribution in [3.05, 3.63) is 40.8 Å². The molecule has 1 atom stereocenters. The van der Waals surface area contributed by atoms with Crippen LogP contribution in [0.5, 0.6) is 0 Å². The molecular formula is C18H27N5. The number of anilines is 1. The number of hydrogen-bond acceptors (Lipinski definition) is 4. The van der Waals surface area contributed by atoms with Gasteiger partial charge in [-0.1, -0.05) is 0 Å². The van der Waals surface area contributed by atoms with Gasteiger partial charge >= 0.3 is 0 Å². The van der Waals surface area contributed by atoms with Crippen LogP contribution < -0.4 is 4.90 Å². The van der Waals surface area contributed by atoms with Crippen LogP contribution in [0.4, 0.5) is 5.82 Å². The molecule has 1 aliphatic rings. The van der Waals surface area contributed by atoms with Crippen LogP contribution in [0, 0.1) is 13.8 Å². The molecule has 1 fully saturated rings. The van der Waals surface area contributed by atoms with E-state index in [1.54, 1.807) is 0 Å². The normalized spacial score (nSPS) is 18.6. The zero-order chi connectivity index (χ0) is 16.6. The average Bonchev–Trinajstić information content (AvgIpc) is 3.08. The first-order chi connectivity index (χ1) is 11.0. The summed E-state index contributed by atoms with van der Waals surface area (Å²) in [6.45, 7) is 6.41. The van der Waals surface area contributed by atoms with Gasteiger partial charge in [0.2, 0.25) is 0 Å². The summed E-state index contributed by atoms with van der Waals surface area (Å²) >= 11 is 0. The molecule has 2 aromatic rings. The molecule has 0 spiro atoms. The van der Waals surface area contributed by atoms with Gasteiger partial charge in [-0.2, -0.15) is 5.10 Å². The summed E-state index contributed by atoms with van der Waals surface area (Å²) in [7, 11) is 6.11. The number of rotatable bonds is 4. The molecular weight excluding hydrogens is 286 g/mol. The smallest absolute Gasteiger partial charge is 0.128 e.